The number of hydrogen-bond donors (Lipinski definition) is 1. The van der Waals surface area contributed by atoms with E-state index in [2.05, 4.69) is 5.32 Å². The van der Waals surface area contributed by atoms with Crippen molar-refractivity contribution >= 4 is 11.9 Å². The first-order chi connectivity index (χ1) is 13.1. The van der Waals surface area contributed by atoms with Gasteiger partial charge in [-0.1, -0.05) is 30.3 Å². The molecule has 0 aromatic heterocycles. The minimum Gasteiger partial charge on any atom is -0.490 e. The average molecular weight is 369 g/mol. The fourth-order valence-corrected chi connectivity index (χ4v) is 2.41. The minimum absolute atomic E-state index is 0.221. The number of hydrogen-bond acceptors (Lipinski definition) is 5. The fourth-order valence-electron chi connectivity index (χ4n) is 2.41. The third-order valence-corrected chi connectivity index (χ3v) is 4.04. The van der Waals surface area contributed by atoms with Gasteiger partial charge in [0.25, 0.3) is 5.91 Å². The van der Waals surface area contributed by atoms with Crippen molar-refractivity contribution in [2.75, 3.05) is 13.2 Å². The van der Waals surface area contributed by atoms with E-state index in [1.807, 2.05) is 30.3 Å². The molecule has 0 heterocycles. The largest absolute Gasteiger partial charge is 0.490 e. The molecule has 6 nitrogen and oxygen atoms in total. The third-order valence-electron chi connectivity index (χ3n) is 4.04. The molecule has 1 fully saturated rings. The lowest BCUT2D eigenvalue weighted by Crippen LogP contribution is -2.37. The Labute approximate surface area is 158 Å². The number of carbonyl (C=O) groups excluding carboxylic acids is 2. The highest BCUT2D eigenvalue weighted by molar-refractivity contribution is 5.94. The van der Waals surface area contributed by atoms with E-state index in [1.165, 1.54) is 0 Å². The van der Waals surface area contributed by atoms with Crippen molar-refractivity contribution in [1.82, 2.24) is 5.32 Å². The van der Waals surface area contributed by atoms with E-state index < -0.39 is 12.1 Å². The van der Waals surface area contributed by atoms with Crippen LogP contribution in [0.25, 0.3) is 0 Å². The van der Waals surface area contributed by atoms with Crippen molar-refractivity contribution in [3.63, 3.8) is 0 Å². The molecule has 1 N–H and O–H groups in total. The van der Waals surface area contributed by atoms with Crippen LogP contribution in [0.3, 0.4) is 0 Å². The Kier molecular flexibility index (Phi) is 6.30. The minimum atomic E-state index is -0.854. The van der Waals surface area contributed by atoms with Crippen molar-refractivity contribution in [2.24, 2.45) is 0 Å². The van der Waals surface area contributed by atoms with Crippen LogP contribution in [0.4, 0.5) is 0 Å². The highest BCUT2D eigenvalue weighted by Crippen LogP contribution is 2.21. The molecule has 1 aliphatic rings. The normalized spacial score (nSPS) is 14.1. The van der Waals surface area contributed by atoms with Crippen LogP contribution in [-0.4, -0.2) is 37.2 Å². The molecule has 0 aliphatic heterocycles. The molecular formula is C21H23NO5. The molecule has 0 saturated heterocycles. The second kappa shape index (κ2) is 9.07. The quantitative estimate of drug-likeness (QED) is 0.543. The van der Waals surface area contributed by atoms with Gasteiger partial charge in [0.15, 0.2) is 6.10 Å². The lowest BCUT2D eigenvalue weighted by atomic mass is 10.2. The number of nitrogens with one attached hydrogen (secondary N) is 1. The van der Waals surface area contributed by atoms with Crippen LogP contribution >= 0.6 is 0 Å². The highest BCUT2D eigenvalue weighted by atomic mass is 16.6. The summed E-state index contributed by atoms with van der Waals surface area (Å²) in [5.41, 5.74) is 0.281. The van der Waals surface area contributed by atoms with E-state index in [9.17, 15) is 9.59 Å². The maximum Gasteiger partial charge on any atom is 0.342 e. The predicted molar refractivity (Wildman–Crippen MR) is 99.9 cm³/mol. The summed E-state index contributed by atoms with van der Waals surface area (Å²) in [6.07, 6.45) is 1.11. The Morgan fingerprint density at radius 1 is 1.00 bits per heavy atom. The van der Waals surface area contributed by atoms with Gasteiger partial charge < -0.3 is 19.5 Å². The Bertz CT molecular complexity index is 773. The van der Waals surface area contributed by atoms with Gasteiger partial charge in [-0.2, -0.15) is 0 Å². The van der Waals surface area contributed by atoms with Crippen molar-refractivity contribution in [3.8, 4) is 11.5 Å². The molecule has 142 valence electrons. The molecule has 1 aliphatic carbocycles. The van der Waals surface area contributed by atoms with Gasteiger partial charge in [0.1, 0.15) is 30.3 Å². The molecule has 2 aromatic rings. The second-order valence-electron chi connectivity index (χ2n) is 6.34. The van der Waals surface area contributed by atoms with Gasteiger partial charge >= 0.3 is 5.97 Å². The molecule has 27 heavy (non-hydrogen) atoms. The van der Waals surface area contributed by atoms with Crippen LogP contribution < -0.4 is 14.8 Å². The first kappa shape index (κ1) is 18.8. The number of para-hydroxylation sites is 2. The average Bonchev–Trinajstić information content (AvgIpc) is 3.50. The number of esters is 1. The first-order valence-electron chi connectivity index (χ1n) is 9.04. The van der Waals surface area contributed by atoms with Crippen molar-refractivity contribution < 1.29 is 23.8 Å². The van der Waals surface area contributed by atoms with Gasteiger partial charge in [-0.05, 0) is 44.0 Å². The maximum atomic E-state index is 12.4. The Hall–Kier alpha value is -3.02. The Balaban J connectivity index is 1.51. The van der Waals surface area contributed by atoms with Crippen molar-refractivity contribution in [3.05, 3.63) is 60.2 Å². The van der Waals surface area contributed by atoms with Gasteiger partial charge in [0.2, 0.25) is 0 Å². The van der Waals surface area contributed by atoms with Gasteiger partial charge in [-0.3, -0.25) is 4.79 Å². The molecule has 1 amide bonds. The number of amides is 1. The highest BCUT2D eigenvalue weighted by Gasteiger charge is 2.27. The smallest absolute Gasteiger partial charge is 0.342 e. The second-order valence-corrected chi connectivity index (χ2v) is 6.34. The Morgan fingerprint density at radius 3 is 2.41 bits per heavy atom. The summed E-state index contributed by atoms with van der Waals surface area (Å²) in [5, 5.41) is 2.82. The molecule has 0 radical (unpaired) electrons. The molecular weight excluding hydrogens is 346 g/mol. The van der Waals surface area contributed by atoms with Crippen molar-refractivity contribution in [2.45, 2.75) is 31.9 Å². The first-order valence-corrected chi connectivity index (χ1v) is 9.04. The summed E-state index contributed by atoms with van der Waals surface area (Å²) in [4.78, 5) is 24.4. The summed E-state index contributed by atoms with van der Waals surface area (Å²) < 4.78 is 16.5. The van der Waals surface area contributed by atoms with Crippen LogP contribution in [0, 0.1) is 0 Å². The zero-order chi connectivity index (χ0) is 19.1. The standard InChI is InChI=1S/C21H23NO5/c1-15(20(23)22-16-11-12-16)27-21(24)18-9-5-6-10-19(18)26-14-13-25-17-7-3-2-4-8-17/h2-10,15-16H,11-14H2,1H3,(H,22,23). The molecule has 1 saturated carbocycles. The maximum absolute atomic E-state index is 12.4. The van der Waals surface area contributed by atoms with E-state index in [4.69, 9.17) is 14.2 Å². The topological polar surface area (TPSA) is 73.9 Å². The third kappa shape index (κ3) is 5.74. The van der Waals surface area contributed by atoms with Crippen LogP contribution in [-0.2, 0) is 9.53 Å². The van der Waals surface area contributed by atoms with Crippen LogP contribution in [0.2, 0.25) is 0 Å². The van der Waals surface area contributed by atoms with Crippen LogP contribution in [0.15, 0.2) is 54.6 Å². The summed E-state index contributed by atoms with van der Waals surface area (Å²) in [6, 6.07) is 16.4. The molecule has 0 bridgehead atoms. The molecule has 1 unspecified atom stereocenters. The summed E-state index contributed by atoms with van der Waals surface area (Å²) >= 11 is 0. The molecule has 6 heteroatoms. The Morgan fingerprint density at radius 2 is 1.67 bits per heavy atom. The monoisotopic (exact) mass is 369 g/mol. The van der Waals surface area contributed by atoms with E-state index in [0.717, 1.165) is 18.6 Å². The zero-order valence-electron chi connectivity index (χ0n) is 15.2. The molecule has 0 spiro atoms. The SMILES string of the molecule is CC(OC(=O)c1ccccc1OCCOc1ccccc1)C(=O)NC1CC1. The van der Waals surface area contributed by atoms with Gasteiger partial charge in [0, 0.05) is 6.04 Å². The van der Waals surface area contributed by atoms with Crippen LogP contribution in [0.1, 0.15) is 30.1 Å². The van der Waals surface area contributed by atoms with E-state index >= 15 is 0 Å². The van der Waals surface area contributed by atoms with E-state index in [-0.39, 0.29) is 24.1 Å². The predicted octanol–water partition coefficient (Wildman–Crippen LogP) is 2.97. The summed E-state index contributed by atoms with van der Waals surface area (Å²) in [7, 11) is 0. The van der Waals surface area contributed by atoms with Crippen LogP contribution in [0.5, 0.6) is 11.5 Å². The number of rotatable bonds is 9. The van der Waals surface area contributed by atoms with Gasteiger partial charge in [-0.15, -0.1) is 0 Å². The fraction of sp³-hybridized carbons (Fsp3) is 0.333. The lowest BCUT2D eigenvalue weighted by molar-refractivity contribution is -0.129. The summed E-state index contributed by atoms with van der Waals surface area (Å²) in [6.45, 7) is 2.18. The van der Waals surface area contributed by atoms with Gasteiger partial charge in [0.05, 0.1) is 0 Å². The van der Waals surface area contributed by atoms with E-state index in [0.29, 0.717) is 12.4 Å². The van der Waals surface area contributed by atoms with Crippen molar-refractivity contribution in [1.29, 1.82) is 0 Å². The number of ether oxygens (including phenoxy) is 3. The lowest BCUT2D eigenvalue weighted by Gasteiger charge is -2.15. The summed E-state index contributed by atoms with van der Waals surface area (Å²) in [5.74, 6) is 0.284. The zero-order valence-corrected chi connectivity index (χ0v) is 15.2. The number of benzene rings is 2. The molecule has 1 atom stereocenters. The molecule has 3 rings (SSSR count). The number of carbonyl (C=O) groups is 2. The van der Waals surface area contributed by atoms with E-state index in [1.54, 1.807) is 31.2 Å². The molecule has 2 aromatic carbocycles. The van der Waals surface area contributed by atoms with Gasteiger partial charge in [-0.25, -0.2) is 4.79 Å².